The first-order valence-electron chi connectivity index (χ1n) is 7.13. The molecule has 110 valence electrons. The van der Waals surface area contributed by atoms with Crippen molar-refractivity contribution in [2.24, 2.45) is 5.92 Å². The van der Waals surface area contributed by atoms with Crippen molar-refractivity contribution < 1.29 is 14.7 Å². The molecule has 0 unspecified atom stereocenters. The van der Waals surface area contributed by atoms with Crippen LogP contribution in [0.1, 0.15) is 38.5 Å². The minimum Gasteiger partial charge on any atom is -0.481 e. The highest BCUT2D eigenvalue weighted by Crippen LogP contribution is 2.17. The Hall–Kier alpha value is -1.10. The molecule has 1 aliphatic rings. The maximum Gasteiger partial charge on any atom is 0.303 e. The topological polar surface area (TPSA) is 60.9 Å². The third kappa shape index (κ3) is 6.57. The fourth-order valence-electron chi connectivity index (χ4n) is 2.48. The van der Waals surface area contributed by atoms with Gasteiger partial charge in [0.25, 0.3) is 0 Å². The fourth-order valence-corrected chi connectivity index (χ4v) is 2.48. The predicted octanol–water partition coefficient (Wildman–Crippen LogP) is 1.43. The summed E-state index contributed by atoms with van der Waals surface area (Å²) in [4.78, 5) is 26.4. The number of unbranched alkanes of at least 4 members (excludes halogenated alkanes) is 1. The summed E-state index contributed by atoms with van der Waals surface area (Å²) in [7, 11) is 3.99. The Morgan fingerprint density at radius 3 is 2.37 bits per heavy atom. The van der Waals surface area contributed by atoms with E-state index >= 15 is 0 Å². The number of carboxylic acid groups (broad SMARTS) is 1. The van der Waals surface area contributed by atoms with Crippen molar-refractivity contribution in [3.05, 3.63) is 0 Å². The van der Waals surface area contributed by atoms with Crippen LogP contribution in [0.4, 0.5) is 0 Å². The van der Waals surface area contributed by atoms with Crippen molar-refractivity contribution in [1.29, 1.82) is 0 Å². The van der Waals surface area contributed by atoms with E-state index in [0.29, 0.717) is 25.2 Å². The van der Waals surface area contributed by atoms with Gasteiger partial charge in [-0.25, -0.2) is 0 Å². The molecule has 0 aromatic carbocycles. The molecule has 1 fully saturated rings. The standard InChI is InChI=1S/C14H26N2O3/c1-15-9-7-12(8-10-15)11-16(2)13(17)5-3-4-6-14(18)19/h12H,3-11H2,1-2H3,(H,18,19). The highest BCUT2D eigenvalue weighted by Gasteiger charge is 2.20. The van der Waals surface area contributed by atoms with Gasteiger partial charge in [0.05, 0.1) is 0 Å². The van der Waals surface area contributed by atoms with Gasteiger partial charge in [0.15, 0.2) is 0 Å². The molecule has 1 saturated heterocycles. The van der Waals surface area contributed by atoms with E-state index in [0.717, 1.165) is 32.5 Å². The summed E-state index contributed by atoms with van der Waals surface area (Å²) in [6.07, 6.45) is 4.20. The monoisotopic (exact) mass is 270 g/mol. The molecule has 19 heavy (non-hydrogen) atoms. The molecular formula is C14H26N2O3. The summed E-state index contributed by atoms with van der Waals surface area (Å²) in [5.74, 6) is -0.0272. The lowest BCUT2D eigenvalue weighted by atomic mass is 9.96. The summed E-state index contributed by atoms with van der Waals surface area (Å²) in [6.45, 7) is 3.07. The summed E-state index contributed by atoms with van der Waals surface area (Å²) >= 11 is 0. The van der Waals surface area contributed by atoms with Crippen LogP contribution in [0.5, 0.6) is 0 Å². The maximum atomic E-state index is 11.9. The molecule has 1 aliphatic heterocycles. The molecule has 1 rings (SSSR count). The lowest BCUT2D eigenvalue weighted by Crippen LogP contribution is -2.37. The van der Waals surface area contributed by atoms with Gasteiger partial charge in [-0.2, -0.15) is 0 Å². The Kier molecular flexibility index (Phi) is 6.84. The number of carbonyl (C=O) groups is 2. The molecule has 0 aromatic rings. The van der Waals surface area contributed by atoms with Crippen molar-refractivity contribution in [3.8, 4) is 0 Å². The number of carboxylic acids is 1. The molecule has 0 bridgehead atoms. The molecule has 0 aliphatic carbocycles. The third-order valence-corrected chi connectivity index (χ3v) is 3.83. The zero-order valence-electron chi connectivity index (χ0n) is 12.1. The van der Waals surface area contributed by atoms with E-state index in [-0.39, 0.29) is 12.3 Å². The number of nitrogens with zero attached hydrogens (tertiary/aromatic N) is 2. The van der Waals surface area contributed by atoms with Crippen molar-refractivity contribution in [3.63, 3.8) is 0 Å². The Morgan fingerprint density at radius 2 is 1.79 bits per heavy atom. The smallest absolute Gasteiger partial charge is 0.303 e. The van der Waals surface area contributed by atoms with Crippen LogP contribution < -0.4 is 0 Å². The summed E-state index contributed by atoms with van der Waals surface area (Å²) in [5.41, 5.74) is 0. The van der Waals surface area contributed by atoms with E-state index in [9.17, 15) is 9.59 Å². The van der Waals surface area contributed by atoms with E-state index < -0.39 is 5.97 Å². The molecule has 0 spiro atoms. The first-order valence-corrected chi connectivity index (χ1v) is 7.13. The van der Waals surface area contributed by atoms with Crippen LogP contribution in [0.3, 0.4) is 0 Å². The van der Waals surface area contributed by atoms with Crippen LogP contribution in [0.25, 0.3) is 0 Å². The molecule has 5 nitrogen and oxygen atoms in total. The molecule has 0 saturated carbocycles. The highest BCUT2D eigenvalue weighted by atomic mass is 16.4. The van der Waals surface area contributed by atoms with Gasteiger partial charge in [0.2, 0.25) is 5.91 Å². The lowest BCUT2D eigenvalue weighted by molar-refractivity contribution is -0.137. The van der Waals surface area contributed by atoms with Gasteiger partial charge in [0.1, 0.15) is 0 Å². The van der Waals surface area contributed by atoms with Crippen molar-refractivity contribution in [2.75, 3.05) is 33.7 Å². The van der Waals surface area contributed by atoms with E-state index in [2.05, 4.69) is 11.9 Å². The second-order valence-electron chi connectivity index (χ2n) is 5.62. The third-order valence-electron chi connectivity index (χ3n) is 3.83. The van der Waals surface area contributed by atoms with Crippen LogP contribution in [0.15, 0.2) is 0 Å². The lowest BCUT2D eigenvalue weighted by Gasteiger charge is -2.31. The van der Waals surface area contributed by atoms with Gasteiger partial charge >= 0.3 is 5.97 Å². The molecule has 0 radical (unpaired) electrons. The Bertz CT molecular complexity index is 299. The van der Waals surface area contributed by atoms with Crippen molar-refractivity contribution in [1.82, 2.24) is 9.80 Å². The van der Waals surface area contributed by atoms with Gasteiger partial charge in [-0.05, 0) is 51.7 Å². The quantitative estimate of drug-likeness (QED) is 0.711. The first kappa shape index (κ1) is 16.0. The maximum absolute atomic E-state index is 11.9. The number of hydrogen-bond donors (Lipinski definition) is 1. The number of likely N-dealkylation sites (tertiary alicyclic amines) is 1. The number of carbonyl (C=O) groups excluding carboxylic acids is 1. The first-order chi connectivity index (χ1) is 8.99. The molecule has 1 N–H and O–H groups in total. The Balaban J connectivity index is 2.15. The number of rotatable bonds is 7. The summed E-state index contributed by atoms with van der Waals surface area (Å²) in [6, 6.07) is 0. The number of aliphatic carboxylic acids is 1. The number of piperidine rings is 1. The average molecular weight is 270 g/mol. The molecule has 0 aromatic heterocycles. The normalized spacial score (nSPS) is 17.4. The number of amides is 1. The summed E-state index contributed by atoms with van der Waals surface area (Å²) < 4.78 is 0. The van der Waals surface area contributed by atoms with Crippen molar-refractivity contribution in [2.45, 2.75) is 38.5 Å². The van der Waals surface area contributed by atoms with Gasteiger partial charge < -0.3 is 14.9 Å². The van der Waals surface area contributed by atoms with Crippen LogP contribution in [0.2, 0.25) is 0 Å². The van der Waals surface area contributed by atoms with Crippen LogP contribution in [-0.4, -0.2) is 60.5 Å². The van der Waals surface area contributed by atoms with Crippen LogP contribution in [0, 0.1) is 5.92 Å². The van der Waals surface area contributed by atoms with E-state index in [1.165, 1.54) is 0 Å². The Morgan fingerprint density at radius 1 is 1.21 bits per heavy atom. The van der Waals surface area contributed by atoms with Crippen LogP contribution >= 0.6 is 0 Å². The zero-order valence-corrected chi connectivity index (χ0v) is 12.1. The highest BCUT2D eigenvalue weighted by molar-refractivity contribution is 5.75. The Labute approximate surface area is 115 Å². The second kappa shape index (κ2) is 8.15. The average Bonchev–Trinajstić information content (AvgIpc) is 2.36. The fraction of sp³-hybridized carbons (Fsp3) is 0.857. The molecule has 1 amide bonds. The number of hydrogen-bond acceptors (Lipinski definition) is 3. The van der Waals surface area contributed by atoms with Gasteiger partial charge in [-0.3, -0.25) is 9.59 Å². The van der Waals surface area contributed by atoms with E-state index in [1.807, 2.05) is 11.9 Å². The van der Waals surface area contributed by atoms with Crippen molar-refractivity contribution >= 4 is 11.9 Å². The predicted molar refractivity (Wildman–Crippen MR) is 74.0 cm³/mol. The molecule has 0 atom stereocenters. The van der Waals surface area contributed by atoms with E-state index in [1.54, 1.807) is 0 Å². The van der Waals surface area contributed by atoms with E-state index in [4.69, 9.17) is 5.11 Å². The summed E-state index contributed by atoms with van der Waals surface area (Å²) in [5, 5.41) is 8.53. The minimum atomic E-state index is -0.785. The second-order valence-corrected chi connectivity index (χ2v) is 5.62. The van der Waals surface area contributed by atoms with Crippen LogP contribution in [-0.2, 0) is 9.59 Å². The largest absolute Gasteiger partial charge is 0.481 e. The molecule has 1 heterocycles. The van der Waals surface area contributed by atoms with Gasteiger partial charge in [-0.1, -0.05) is 0 Å². The molecular weight excluding hydrogens is 244 g/mol. The zero-order chi connectivity index (χ0) is 14.3. The minimum absolute atomic E-state index is 0.143. The SMILES string of the molecule is CN1CCC(CN(C)C(=O)CCCCC(=O)O)CC1. The van der Waals surface area contributed by atoms with Gasteiger partial charge in [0, 0.05) is 26.4 Å². The molecule has 5 heteroatoms. The van der Waals surface area contributed by atoms with Gasteiger partial charge in [-0.15, -0.1) is 0 Å².